The number of hydrogen-bond donors (Lipinski definition) is 9. The lowest BCUT2D eigenvalue weighted by Crippen LogP contribution is -2.69. The highest BCUT2D eigenvalue weighted by Crippen LogP contribution is 2.24. The maximum atomic E-state index is 11.0. The van der Waals surface area contributed by atoms with Crippen molar-refractivity contribution in [1.29, 1.82) is 0 Å². The minimum Gasteiger partial charge on any atom is -0.479 e. The van der Waals surface area contributed by atoms with Gasteiger partial charge in [-0.05, 0) is 0 Å². The van der Waals surface area contributed by atoms with Crippen LogP contribution in [0.4, 0.5) is 0 Å². The molecule has 0 aromatic carbocycles. The van der Waals surface area contributed by atoms with Gasteiger partial charge >= 0.3 is 11.9 Å². The molecular weight excluding hydrogens is 350 g/mol. The first-order valence-corrected chi connectivity index (χ1v) is 7.17. The van der Waals surface area contributed by atoms with Gasteiger partial charge in [0.2, 0.25) is 0 Å². The highest BCUT2D eigenvalue weighted by Gasteiger charge is 2.51. The summed E-state index contributed by atoms with van der Waals surface area (Å²) in [7, 11) is 0. The van der Waals surface area contributed by atoms with E-state index in [-0.39, 0.29) is 0 Å². The van der Waals surface area contributed by atoms with Crippen LogP contribution in [0.15, 0.2) is 0 Å². The summed E-state index contributed by atoms with van der Waals surface area (Å²) in [5.41, 5.74) is 0. The Bertz CT molecular complexity index is 472. The summed E-state index contributed by atoms with van der Waals surface area (Å²) in [5.74, 6) is -3.29. The predicted octanol–water partition coefficient (Wildman–Crippen LogP) is -5.64. The molecule has 0 aromatic rings. The first-order valence-electron chi connectivity index (χ1n) is 7.17. The van der Waals surface area contributed by atoms with E-state index < -0.39 is 73.2 Å². The number of aliphatic carboxylic acids is 2. The van der Waals surface area contributed by atoms with Crippen molar-refractivity contribution in [2.24, 2.45) is 0 Å². The molecule has 0 aliphatic carbocycles. The van der Waals surface area contributed by atoms with Crippen LogP contribution < -0.4 is 5.32 Å². The Kier molecular flexibility index (Phi) is 5.93. The van der Waals surface area contributed by atoms with Gasteiger partial charge in [-0.15, -0.1) is 0 Å². The van der Waals surface area contributed by atoms with Crippen molar-refractivity contribution in [1.82, 2.24) is 5.32 Å². The lowest BCUT2D eigenvalue weighted by Gasteiger charge is -2.44. The van der Waals surface area contributed by atoms with Crippen molar-refractivity contribution in [3.63, 3.8) is 0 Å². The smallest absolute Gasteiger partial charge is 0.335 e. The number of carbonyl (C=O) groups is 2. The molecule has 2 fully saturated rings. The molecule has 13 nitrogen and oxygen atoms in total. The van der Waals surface area contributed by atoms with Gasteiger partial charge in [0.25, 0.3) is 0 Å². The second kappa shape index (κ2) is 7.45. The SMILES string of the molecule is O=C(O)[C@H]1O[C@@H](N[C@@H]2O[C@H](C(=O)O)[C@@H](O)[C@H](O)[C@H]2O)[C@H](O)[C@@H](O)[C@@H]1O. The fourth-order valence-corrected chi connectivity index (χ4v) is 2.60. The van der Waals surface area contributed by atoms with Gasteiger partial charge in [-0.2, -0.15) is 0 Å². The summed E-state index contributed by atoms with van der Waals surface area (Å²) < 4.78 is 9.80. The van der Waals surface area contributed by atoms with Crippen molar-refractivity contribution in [3.8, 4) is 0 Å². The van der Waals surface area contributed by atoms with E-state index in [0.29, 0.717) is 0 Å². The molecule has 0 bridgehead atoms. The predicted molar refractivity (Wildman–Crippen MR) is 71.8 cm³/mol. The summed E-state index contributed by atoms with van der Waals surface area (Å²) >= 11 is 0. The highest BCUT2D eigenvalue weighted by atomic mass is 16.6. The molecule has 9 N–H and O–H groups in total. The van der Waals surface area contributed by atoms with Crippen molar-refractivity contribution in [3.05, 3.63) is 0 Å². The van der Waals surface area contributed by atoms with Gasteiger partial charge in [-0.25, -0.2) is 9.59 Å². The van der Waals surface area contributed by atoms with Crippen molar-refractivity contribution >= 4 is 11.9 Å². The zero-order valence-corrected chi connectivity index (χ0v) is 12.5. The van der Waals surface area contributed by atoms with E-state index >= 15 is 0 Å². The van der Waals surface area contributed by atoms with Gasteiger partial charge in [0.05, 0.1) is 0 Å². The van der Waals surface area contributed by atoms with Crippen LogP contribution >= 0.6 is 0 Å². The Morgan fingerprint density at radius 1 is 0.600 bits per heavy atom. The average molecular weight is 369 g/mol. The van der Waals surface area contributed by atoms with Gasteiger partial charge < -0.3 is 50.3 Å². The average Bonchev–Trinajstić information content (AvgIpc) is 2.54. The zero-order chi connectivity index (χ0) is 19.0. The molecule has 10 atom stereocenters. The Hall–Kier alpha value is -1.42. The quantitative estimate of drug-likeness (QED) is 0.225. The van der Waals surface area contributed by atoms with Crippen LogP contribution in [0.1, 0.15) is 0 Å². The minimum absolute atomic E-state index is 1.64. The third-order valence-electron chi connectivity index (χ3n) is 4.04. The first kappa shape index (κ1) is 19.9. The van der Waals surface area contributed by atoms with E-state index in [9.17, 15) is 40.2 Å². The standard InChI is InChI=1S/C12H19NO12/c14-1-3(16)7(11(20)21)24-9(5(1)18)13-10-6(19)2(15)4(17)8(25-10)12(22)23/h1-10,13-19H,(H,20,21)(H,22,23)/t1-,2-,3-,4-,5+,6+,7-,8-,9+,10+/m0/s1. The third-order valence-corrected chi connectivity index (χ3v) is 4.04. The molecule has 25 heavy (non-hydrogen) atoms. The normalized spacial score (nSPS) is 48.1. The van der Waals surface area contributed by atoms with Gasteiger partial charge in [0.15, 0.2) is 12.2 Å². The molecular formula is C12H19NO12. The maximum absolute atomic E-state index is 11.0. The molecule has 0 unspecified atom stereocenters. The molecule has 0 amide bonds. The first-order chi connectivity index (χ1) is 11.6. The Balaban J connectivity index is 2.15. The monoisotopic (exact) mass is 369 g/mol. The molecule has 2 rings (SSSR count). The van der Waals surface area contributed by atoms with Gasteiger partial charge in [-0.1, -0.05) is 0 Å². The minimum atomic E-state index is -1.94. The summed E-state index contributed by atoms with van der Waals surface area (Å²) in [5, 5.41) is 78.4. The van der Waals surface area contributed by atoms with E-state index in [1.165, 1.54) is 0 Å². The summed E-state index contributed by atoms with van der Waals surface area (Å²) in [6.45, 7) is 0. The molecule has 2 heterocycles. The lowest BCUT2D eigenvalue weighted by atomic mass is 9.96. The van der Waals surface area contributed by atoms with E-state index in [4.69, 9.17) is 19.7 Å². The summed E-state index contributed by atoms with van der Waals surface area (Å²) in [4.78, 5) is 22.0. The molecule has 2 saturated heterocycles. The second-order valence-corrected chi connectivity index (χ2v) is 5.74. The van der Waals surface area contributed by atoms with Crippen LogP contribution in [0.3, 0.4) is 0 Å². The fourth-order valence-electron chi connectivity index (χ4n) is 2.60. The largest absolute Gasteiger partial charge is 0.479 e. The van der Waals surface area contributed by atoms with E-state index in [0.717, 1.165) is 0 Å². The van der Waals surface area contributed by atoms with Gasteiger partial charge in [0.1, 0.15) is 49.1 Å². The maximum Gasteiger partial charge on any atom is 0.335 e. The number of rotatable bonds is 4. The lowest BCUT2D eigenvalue weighted by molar-refractivity contribution is -0.267. The Morgan fingerprint density at radius 2 is 0.920 bits per heavy atom. The number of nitrogens with one attached hydrogen (secondary N) is 1. The molecule has 144 valence electrons. The third kappa shape index (κ3) is 3.74. The number of aliphatic hydroxyl groups excluding tert-OH is 6. The molecule has 0 aromatic heterocycles. The van der Waals surface area contributed by atoms with Crippen LogP contribution in [0.2, 0.25) is 0 Å². The van der Waals surface area contributed by atoms with Gasteiger partial charge in [-0.3, -0.25) is 5.32 Å². The molecule has 2 aliphatic rings. The zero-order valence-electron chi connectivity index (χ0n) is 12.5. The van der Waals surface area contributed by atoms with Crippen molar-refractivity contribution in [2.75, 3.05) is 0 Å². The Labute approximate surface area is 139 Å². The number of carboxylic acid groups (broad SMARTS) is 2. The molecule has 13 heteroatoms. The van der Waals surface area contributed by atoms with Crippen LogP contribution in [0.5, 0.6) is 0 Å². The summed E-state index contributed by atoms with van der Waals surface area (Å²) in [6.07, 6.45) is -18.7. The van der Waals surface area contributed by atoms with E-state index in [1.807, 2.05) is 0 Å². The Morgan fingerprint density at radius 3 is 1.20 bits per heavy atom. The molecule has 0 spiro atoms. The topological polar surface area (TPSA) is 226 Å². The number of ether oxygens (including phenoxy) is 2. The van der Waals surface area contributed by atoms with Crippen LogP contribution in [0.25, 0.3) is 0 Å². The van der Waals surface area contributed by atoms with Crippen molar-refractivity contribution < 1.29 is 59.9 Å². The van der Waals surface area contributed by atoms with Crippen LogP contribution in [0, 0.1) is 0 Å². The van der Waals surface area contributed by atoms with E-state index in [2.05, 4.69) is 5.32 Å². The number of aliphatic hydroxyl groups is 6. The highest BCUT2D eigenvalue weighted by molar-refractivity contribution is 5.74. The van der Waals surface area contributed by atoms with Crippen molar-refractivity contribution in [2.45, 2.75) is 61.3 Å². The summed E-state index contributed by atoms with van der Waals surface area (Å²) in [6, 6.07) is 0. The number of carboxylic acids is 2. The van der Waals surface area contributed by atoms with Gasteiger partial charge in [0, 0.05) is 0 Å². The second-order valence-electron chi connectivity index (χ2n) is 5.74. The molecule has 2 aliphatic heterocycles. The fraction of sp³-hybridized carbons (Fsp3) is 0.833. The molecule has 0 radical (unpaired) electrons. The van der Waals surface area contributed by atoms with E-state index in [1.54, 1.807) is 0 Å². The molecule has 0 saturated carbocycles. The van der Waals surface area contributed by atoms with Crippen LogP contribution in [-0.2, 0) is 19.1 Å². The van der Waals surface area contributed by atoms with Crippen LogP contribution in [-0.4, -0.2) is 114 Å². The number of hydrogen-bond acceptors (Lipinski definition) is 11.